The Hall–Kier alpha value is -3.30. The molecular weight excluding hydrogens is 617 g/mol. The van der Waals surface area contributed by atoms with Gasteiger partial charge in [0.1, 0.15) is 27.9 Å². The number of hydrogen-bond acceptors (Lipinski definition) is 9. The van der Waals surface area contributed by atoms with Crippen LogP contribution in [0.5, 0.6) is 11.5 Å². The van der Waals surface area contributed by atoms with Gasteiger partial charge in [-0.1, -0.05) is 19.1 Å². The molecule has 0 radical (unpaired) electrons. The van der Waals surface area contributed by atoms with Crippen molar-refractivity contribution in [2.75, 3.05) is 19.8 Å². The Kier molecular flexibility index (Phi) is 14.1. The fraction of sp³-hybridized carbons (Fsp3) is 0.280. The van der Waals surface area contributed by atoms with Crippen molar-refractivity contribution < 1.29 is 30.6 Å². The van der Waals surface area contributed by atoms with Crippen LogP contribution in [0, 0.1) is 6.92 Å². The minimum absolute atomic E-state index is 0. The minimum atomic E-state index is -4.55. The normalized spacial score (nSPS) is 11.1. The molecule has 0 saturated heterocycles. The van der Waals surface area contributed by atoms with Crippen molar-refractivity contribution in [3.63, 3.8) is 0 Å². The van der Waals surface area contributed by atoms with E-state index in [9.17, 15) is 16.8 Å². The van der Waals surface area contributed by atoms with Crippen molar-refractivity contribution in [2.45, 2.75) is 36.6 Å². The summed E-state index contributed by atoms with van der Waals surface area (Å²) in [4.78, 5) is 7.97. The van der Waals surface area contributed by atoms with Gasteiger partial charge in [0.25, 0.3) is 0 Å². The lowest BCUT2D eigenvalue weighted by Crippen LogP contribution is -2.31. The van der Waals surface area contributed by atoms with E-state index in [1.54, 1.807) is 44.4 Å². The first-order valence-electron chi connectivity index (χ1n) is 11.9. The molecule has 0 saturated carbocycles. The summed E-state index contributed by atoms with van der Waals surface area (Å²) < 4.78 is 66.0. The lowest BCUT2D eigenvalue weighted by molar-refractivity contribution is 0.127. The van der Waals surface area contributed by atoms with Gasteiger partial charge >= 0.3 is 10.1 Å². The highest BCUT2D eigenvalue weighted by atomic mass is 35.5. The number of aromatic nitrogens is 1. The van der Waals surface area contributed by atoms with Crippen molar-refractivity contribution >= 4 is 50.9 Å². The summed E-state index contributed by atoms with van der Waals surface area (Å²) in [7, 11) is -8.75. The third-order valence-corrected chi connectivity index (χ3v) is 8.66. The molecule has 0 fully saturated rings. The Labute approximate surface area is 252 Å². The first kappa shape index (κ1) is 35.7. The molecule has 1 heterocycles. The second-order valence-electron chi connectivity index (χ2n) is 8.30. The molecule has 1 aromatic heterocycles. The van der Waals surface area contributed by atoms with Crippen molar-refractivity contribution in [1.82, 2.24) is 9.29 Å². The van der Waals surface area contributed by atoms with E-state index in [1.807, 2.05) is 0 Å². The third kappa shape index (κ3) is 10.2. The largest absolute Gasteiger partial charge is 0.493 e. The number of halogens is 2. The van der Waals surface area contributed by atoms with Gasteiger partial charge < -0.3 is 25.2 Å². The maximum Gasteiger partial charge on any atom is 0.340 e. The zero-order valence-electron chi connectivity index (χ0n) is 22.4. The molecule has 41 heavy (non-hydrogen) atoms. The SMILES string of the molecule is CCN(Cc1ccncc1)S(=O)(=O)c1ccccc1S(=O)(=O)Oc1cc(C)cc(OCCCON=C(N)N)c1.Cl.Cl. The van der Waals surface area contributed by atoms with Gasteiger partial charge in [-0.05, 0) is 59.6 Å². The van der Waals surface area contributed by atoms with Crippen LogP contribution in [-0.4, -0.2) is 51.8 Å². The molecule has 16 heteroatoms. The van der Waals surface area contributed by atoms with Crippen molar-refractivity contribution in [1.29, 1.82) is 0 Å². The number of sulfonamides is 1. The van der Waals surface area contributed by atoms with Crippen LogP contribution in [0.2, 0.25) is 0 Å². The van der Waals surface area contributed by atoms with Crippen LogP contribution in [-0.2, 0) is 31.5 Å². The van der Waals surface area contributed by atoms with Crippen LogP contribution >= 0.6 is 24.8 Å². The Morgan fingerprint density at radius 2 is 1.56 bits per heavy atom. The van der Waals surface area contributed by atoms with Crippen molar-refractivity contribution in [2.24, 2.45) is 16.6 Å². The number of oxime groups is 1. The van der Waals surface area contributed by atoms with E-state index in [2.05, 4.69) is 10.1 Å². The van der Waals surface area contributed by atoms with E-state index in [0.29, 0.717) is 23.3 Å². The summed E-state index contributed by atoms with van der Waals surface area (Å²) in [6.45, 7) is 4.03. The van der Waals surface area contributed by atoms with Crippen LogP contribution in [0.15, 0.2) is 81.9 Å². The Morgan fingerprint density at radius 3 is 2.20 bits per heavy atom. The van der Waals surface area contributed by atoms with Gasteiger partial charge in [-0.3, -0.25) is 4.98 Å². The summed E-state index contributed by atoms with van der Waals surface area (Å²) in [5.74, 6) is 0.138. The lowest BCUT2D eigenvalue weighted by atomic mass is 10.2. The topological polar surface area (TPSA) is 177 Å². The van der Waals surface area contributed by atoms with Crippen LogP contribution < -0.4 is 20.4 Å². The second-order valence-corrected chi connectivity index (χ2v) is 11.7. The van der Waals surface area contributed by atoms with E-state index in [1.165, 1.54) is 40.7 Å². The average molecular weight is 651 g/mol. The van der Waals surface area contributed by atoms with Gasteiger partial charge in [0.05, 0.1) is 6.61 Å². The molecule has 0 atom stereocenters. The number of guanidine groups is 1. The van der Waals surface area contributed by atoms with E-state index >= 15 is 0 Å². The highest BCUT2D eigenvalue weighted by Crippen LogP contribution is 2.30. The molecule has 0 aliphatic heterocycles. The Bertz CT molecular complexity index is 1510. The highest BCUT2D eigenvalue weighted by Gasteiger charge is 2.32. The molecule has 3 aromatic rings. The lowest BCUT2D eigenvalue weighted by Gasteiger charge is -2.22. The predicted octanol–water partition coefficient (Wildman–Crippen LogP) is 3.19. The zero-order valence-corrected chi connectivity index (χ0v) is 25.6. The van der Waals surface area contributed by atoms with E-state index < -0.39 is 25.0 Å². The molecule has 3 rings (SSSR count). The standard InChI is InChI=1S/C25H31N5O7S2.2ClH/c1-3-30(18-20-9-11-28-12-10-20)38(31,32)23-7-4-5-8-24(23)39(33,34)37-22-16-19(2)15-21(17-22)35-13-6-14-36-29-25(26)27;;/h4-5,7-12,15-17H,3,6,13-14,18H2,1-2H3,(H4,26,27,29);2*1H. The maximum atomic E-state index is 13.6. The number of aryl methyl sites for hydroxylation is 1. The number of rotatable bonds is 14. The highest BCUT2D eigenvalue weighted by molar-refractivity contribution is 7.91. The third-order valence-electron chi connectivity index (χ3n) is 5.25. The van der Waals surface area contributed by atoms with E-state index in [4.69, 9.17) is 25.2 Å². The summed E-state index contributed by atoms with van der Waals surface area (Å²) in [6.07, 6.45) is 3.57. The fourth-order valence-electron chi connectivity index (χ4n) is 3.52. The Balaban J connectivity index is 0.00000420. The average Bonchev–Trinajstić information content (AvgIpc) is 2.89. The number of hydrogen-bond donors (Lipinski definition) is 2. The molecule has 0 aliphatic rings. The predicted molar refractivity (Wildman–Crippen MR) is 159 cm³/mol. The first-order valence-corrected chi connectivity index (χ1v) is 14.8. The second kappa shape index (κ2) is 16.2. The number of nitrogens with zero attached hydrogens (tertiary/aromatic N) is 3. The summed E-state index contributed by atoms with van der Waals surface area (Å²) in [6, 6.07) is 13.3. The number of pyridine rings is 1. The zero-order chi connectivity index (χ0) is 28.5. The molecule has 0 amide bonds. The molecular formula is C25H33Cl2N5O7S2. The van der Waals surface area contributed by atoms with Gasteiger partial charge in [0, 0.05) is 38.0 Å². The molecule has 2 aromatic carbocycles. The molecule has 12 nitrogen and oxygen atoms in total. The van der Waals surface area contributed by atoms with Crippen molar-refractivity contribution in [3.05, 3.63) is 78.1 Å². The van der Waals surface area contributed by atoms with Crippen LogP contribution in [0.1, 0.15) is 24.5 Å². The smallest absolute Gasteiger partial charge is 0.340 e. The van der Waals surface area contributed by atoms with E-state index in [-0.39, 0.29) is 67.7 Å². The van der Waals surface area contributed by atoms with Crippen LogP contribution in [0.25, 0.3) is 0 Å². The monoisotopic (exact) mass is 649 g/mol. The summed E-state index contributed by atoms with van der Waals surface area (Å²) in [5, 5.41) is 3.41. The molecule has 0 aliphatic carbocycles. The minimum Gasteiger partial charge on any atom is -0.493 e. The maximum absolute atomic E-state index is 13.6. The van der Waals surface area contributed by atoms with Gasteiger partial charge in [-0.2, -0.15) is 12.7 Å². The van der Waals surface area contributed by atoms with Gasteiger partial charge in [0.15, 0.2) is 0 Å². The molecule has 0 unspecified atom stereocenters. The fourth-order valence-corrected chi connectivity index (χ4v) is 6.65. The molecule has 0 bridgehead atoms. The van der Waals surface area contributed by atoms with E-state index in [0.717, 1.165) is 0 Å². The molecule has 4 N–H and O–H groups in total. The summed E-state index contributed by atoms with van der Waals surface area (Å²) in [5.41, 5.74) is 11.7. The van der Waals surface area contributed by atoms with Crippen LogP contribution in [0.3, 0.4) is 0 Å². The van der Waals surface area contributed by atoms with Crippen LogP contribution in [0.4, 0.5) is 0 Å². The number of benzene rings is 2. The van der Waals surface area contributed by atoms with Gasteiger partial charge in [0.2, 0.25) is 16.0 Å². The molecule has 0 spiro atoms. The number of nitrogens with two attached hydrogens (primary N) is 2. The van der Waals surface area contributed by atoms with Gasteiger partial charge in [-0.25, -0.2) is 8.42 Å². The Morgan fingerprint density at radius 1 is 0.927 bits per heavy atom. The number of ether oxygens (including phenoxy) is 1. The summed E-state index contributed by atoms with van der Waals surface area (Å²) >= 11 is 0. The first-order chi connectivity index (χ1) is 18.5. The molecule has 226 valence electrons. The quantitative estimate of drug-likeness (QED) is 0.0866. The van der Waals surface area contributed by atoms with Gasteiger partial charge in [-0.15, -0.1) is 24.8 Å². The van der Waals surface area contributed by atoms with Crippen molar-refractivity contribution in [3.8, 4) is 11.5 Å².